The van der Waals surface area contributed by atoms with Crippen LogP contribution in [0, 0.1) is 11.4 Å². The van der Waals surface area contributed by atoms with Crippen LogP contribution in [0.15, 0.2) is 0 Å². The summed E-state index contributed by atoms with van der Waals surface area (Å²) in [5.74, 6) is 2.31. The predicted octanol–water partition coefficient (Wildman–Crippen LogP) is -0.121. The molecule has 50 valence electrons. The Bertz CT molecular complexity index is 139. The van der Waals surface area contributed by atoms with E-state index in [0.29, 0.717) is 0 Å². The Kier molecular flexibility index (Phi) is 2.98. The minimum atomic E-state index is -1.46. The lowest BCUT2D eigenvalue weighted by Crippen LogP contribution is -2.19. The van der Waals surface area contributed by atoms with E-state index < -0.39 is 15.2 Å². The molecule has 0 spiro atoms. The van der Waals surface area contributed by atoms with Gasteiger partial charge in [-0.05, 0) is 0 Å². The van der Waals surface area contributed by atoms with Gasteiger partial charge in [-0.1, -0.05) is 25.5 Å². The van der Waals surface area contributed by atoms with Crippen LogP contribution in [-0.2, 0) is 0 Å². The second kappa shape index (κ2) is 3.06. The molecule has 0 saturated carbocycles. The molecule has 0 aliphatic rings. The van der Waals surface area contributed by atoms with Crippen molar-refractivity contribution in [2.45, 2.75) is 19.6 Å². The average Bonchev–Trinajstić information content (AvgIpc) is 1.59. The van der Waals surface area contributed by atoms with Crippen molar-refractivity contribution in [1.82, 2.24) is 0 Å². The fourth-order valence-corrected chi connectivity index (χ4v) is 0.843. The first-order valence-electron chi connectivity index (χ1n) is 2.81. The molecule has 0 aliphatic heterocycles. The van der Waals surface area contributed by atoms with Gasteiger partial charge in [-0.3, -0.25) is 0 Å². The third kappa shape index (κ3) is 7.76. The van der Waals surface area contributed by atoms with E-state index in [4.69, 9.17) is 10.0 Å². The second-order valence-corrected chi connectivity index (χ2v) is 7.64. The van der Waals surface area contributed by atoms with E-state index in [1.54, 1.807) is 0 Å². The number of rotatable bonds is 0. The van der Waals surface area contributed by atoms with Gasteiger partial charge < -0.3 is 10.0 Å². The van der Waals surface area contributed by atoms with Gasteiger partial charge in [0.25, 0.3) is 0 Å². The Hall–Kier alpha value is -0.238. The van der Waals surface area contributed by atoms with Crippen LogP contribution in [0.25, 0.3) is 0 Å². The molecule has 0 radical (unpaired) electrons. The molecule has 0 aromatic heterocycles. The highest BCUT2D eigenvalue weighted by molar-refractivity contribution is 6.84. The molecule has 2 N–H and O–H groups in total. The molecule has 0 aromatic rings. The second-order valence-electron chi connectivity index (χ2n) is 2.89. The first kappa shape index (κ1) is 8.76. The van der Waals surface area contributed by atoms with Gasteiger partial charge in [0, 0.05) is 0 Å². The van der Waals surface area contributed by atoms with Gasteiger partial charge in [0.15, 0.2) is 0 Å². The van der Waals surface area contributed by atoms with Gasteiger partial charge in [-0.25, -0.2) is 0 Å². The Morgan fingerprint density at radius 1 is 1.22 bits per heavy atom. The van der Waals surface area contributed by atoms with E-state index >= 15 is 0 Å². The average molecular weight is 142 g/mol. The smallest absolute Gasteiger partial charge is 0.416 e. The summed E-state index contributed by atoms with van der Waals surface area (Å²) in [6.45, 7) is 6.13. The van der Waals surface area contributed by atoms with E-state index in [1.807, 2.05) is 19.6 Å². The maximum atomic E-state index is 8.32. The quantitative estimate of drug-likeness (QED) is 0.365. The van der Waals surface area contributed by atoms with Gasteiger partial charge in [0.2, 0.25) is 0 Å². The zero-order valence-electron chi connectivity index (χ0n) is 5.97. The Morgan fingerprint density at radius 2 is 1.67 bits per heavy atom. The lowest BCUT2D eigenvalue weighted by Gasteiger charge is -2.02. The molecule has 4 heteroatoms. The minimum absolute atomic E-state index is 1.40. The van der Waals surface area contributed by atoms with E-state index in [1.165, 1.54) is 0 Å². The highest BCUT2D eigenvalue weighted by Crippen LogP contribution is 1.95. The maximum absolute atomic E-state index is 8.32. The summed E-state index contributed by atoms with van der Waals surface area (Å²) in [5.41, 5.74) is 2.81. The Balaban J connectivity index is 3.88. The van der Waals surface area contributed by atoms with Gasteiger partial charge in [0.1, 0.15) is 8.07 Å². The Morgan fingerprint density at radius 3 is 1.78 bits per heavy atom. The standard InChI is InChI=1S/C5H11BO2Si/c1-9(2,3)5-4-6(7)8/h7-8H,1-3H3. The first-order valence-corrected chi connectivity index (χ1v) is 6.31. The van der Waals surface area contributed by atoms with E-state index in [9.17, 15) is 0 Å². The van der Waals surface area contributed by atoms with Crippen LogP contribution < -0.4 is 0 Å². The molecule has 0 bridgehead atoms. The summed E-state index contributed by atoms with van der Waals surface area (Å²) in [6.07, 6.45) is 0. The summed E-state index contributed by atoms with van der Waals surface area (Å²) >= 11 is 0. The van der Waals surface area contributed by atoms with E-state index in [0.717, 1.165) is 0 Å². The van der Waals surface area contributed by atoms with Crippen LogP contribution in [0.1, 0.15) is 0 Å². The molecule has 0 atom stereocenters. The summed E-state index contributed by atoms with van der Waals surface area (Å²) in [6, 6.07) is 0. The highest BCUT2D eigenvalue weighted by Gasteiger charge is 2.09. The third-order valence-corrected chi connectivity index (χ3v) is 1.47. The molecular weight excluding hydrogens is 131 g/mol. The van der Waals surface area contributed by atoms with Crippen molar-refractivity contribution in [3.05, 3.63) is 0 Å². The molecule has 0 aliphatic carbocycles. The molecule has 0 amide bonds. The van der Waals surface area contributed by atoms with E-state index in [2.05, 4.69) is 11.4 Å². The lowest BCUT2D eigenvalue weighted by molar-refractivity contribution is 0.427. The molecular formula is C5H11BO2Si. The molecule has 0 heterocycles. The van der Waals surface area contributed by atoms with Crippen LogP contribution in [0.4, 0.5) is 0 Å². The molecule has 0 unspecified atom stereocenters. The minimum Gasteiger partial charge on any atom is -0.416 e. The third-order valence-electron chi connectivity index (χ3n) is 0.576. The van der Waals surface area contributed by atoms with Crippen LogP contribution in [0.5, 0.6) is 0 Å². The van der Waals surface area contributed by atoms with Crippen molar-refractivity contribution < 1.29 is 10.0 Å². The molecule has 9 heavy (non-hydrogen) atoms. The largest absolute Gasteiger partial charge is 0.544 e. The molecule has 0 aromatic carbocycles. The van der Waals surface area contributed by atoms with Gasteiger partial charge in [-0.15, -0.1) is 5.54 Å². The van der Waals surface area contributed by atoms with Crippen molar-refractivity contribution in [3.63, 3.8) is 0 Å². The monoisotopic (exact) mass is 142 g/mol. The highest BCUT2D eigenvalue weighted by atomic mass is 28.3. The molecule has 0 saturated heterocycles. The molecule has 2 nitrogen and oxygen atoms in total. The normalized spacial score (nSPS) is 9.89. The van der Waals surface area contributed by atoms with Crippen LogP contribution in [-0.4, -0.2) is 25.2 Å². The summed E-state index contributed by atoms with van der Waals surface area (Å²) < 4.78 is 0. The summed E-state index contributed by atoms with van der Waals surface area (Å²) in [4.78, 5) is 0. The SMILES string of the molecule is C[Si](C)(C)C#CB(O)O. The van der Waals surface area contributed by atoms with Crippen molar-refractivity contribution in [1.29, 1.82) is 0 Å². The summed E-state index contributed by atoms with van der Waals surface area (Å²) in [7, 11) is -2.86. The van der Waals surface area contributed by atoms with E-state index in [-0.39, 0.29) is 0 Å². The molecule has 0 fully saturated rings. The number of hydrogen-bond acceptors (Lipinski definition) is 2. The lowest BCUT2D eigenvalue weighted by atomic mass is 9.95. The fraction of sp³-hybridized carbons (Fsp3) is 0.600. The zero-order chi connectivity index (χ0) is 7.49. The van der Waals surface area contributed by atoms with Gasteiger partial charge >= 0.3 is 7.12 Å². The van der Waals surface area contributed by atoms with Crippen molar-refractivity contribution >= 4 is 15.2 Å². The van der Waals surface area contributed by atoms with Crippen molar-refractivity contribution in [2.24, 2.45) is 0 Å². The van der Waals surface area contributed by atoms with Gasteiger partial charge in [0.05, 0.1) is 0 Å². The van der Waals surface area contributed by atoms with Crippen LogP contribution in [0.3, 0.4) is 0 Å². The first-order chi connectivity index (χ1) is 3.92. The fourth-order valence-electron chi connectivity index (χ4n) is 0.281. The van der Waals surface area contributed by atoms with Gasteiger partial charge in [-0.2, -0.15) is 0 Å². The Labute approximate surface area is 57.1 Å². The predicted molar refractivity (Wildman–Crippen MR) is 41.3 cm³/mol. The van der Waals surface area contributed by atoms with Crippen molar-refractivity contribution in [2.75, 3.05) is 0 Å². The van der Waals surface area contributed by atoms with Crippen LogP contribution in [0.2, 0.25) is 19.6 Å². The van der Waals surface area contributed by atoms with Crippen LogP contribution >= 0.6 is 0 Å². The topological polar surface area (TPSA) is 40.5 Å². The molecule has 0 rings (SSSR count). The maximum Gasteiger partial charge on any atom is 0.544 e. The van der Waals surface area contributed by atoms with Crippen molar-refractivity contribution in [3.8, 4) is 11.4 Å². The summed E-state index contributed by atoms with van der Waals surface area (Å²) in [5, 5.41) is 16.6. The number of hydrogen-bond donors (Lipinski definition) is 2. The zero-order valence-corrected chi connectivity index (χ0v) is 6.97.